The Morgan fingerprint density at radius 3 is 2.48 bits per heavy atom. The lowest BCUT2D eigenvalue weighted by atomic mass is 10.3. The highest BCUT2D eigenvalue weighted by Crippen LogP contribution is 2.31. The lowest BCUT2D eigenvalue weighted by Gasteiger charge is -2.11. The van der Waals surface area contributed by atoms with E-state index >= 15 is 0 Å². The average Bonchev–Trinajstić information content (AvgIpc) is 2.94. The monoisotopic (exact) mass is 424 g/mol. The van der Waals surface area contributed by atoms with Gasteiger partial charge < -0.3 is 14.2 Å². The van der Waals surface area contributed by atoms with Gasteiger partial charge in [-0.2, -0.15) is 18.3 Å². The van der Waals surface area contributed by atoms with Crippen LogP contribution in [0.3, 0.4) is 0 Å². The van der Waals surface area contributed by atoms with E-state index in [9.17, 15) is 13.2 Å². The molecule has 0 aliphatic rings. The Morgan fingerprint density at radius 2 is 1.89 bits per heavy atom. The molecule has 27 heavy (non-hydrogen) atoms. The van der Waals surface area contributed by atoms with Crippen molar-refractivity contribution in [2.75, 3.05) is 19.8 Å². The Morgan fingerprint density at radius 1 is 1.19 bits per heavy atom. The number of benzene rings is 1. The third kappa shape index (κ3) is 6.55. The summed E-state index contributed by atoms with van der Waals surface area (Å²) in [6.45, 7) is 2.16. The maximum Gasteiger partial charge on any atom is 0.435 e. The van der Waals surface area contributed by atoms with Crippen LogP contribution in [0, 0.1) is 0 Å². The zero-order chi connectivity index (χ0) is 20.0. The third-order valence-corrected chi connectivity index (χ3v) is 3.69. The molecular formula is C17H17Cl2F3N2O3. The van der Waals surface area contributed by atoms with E-state index in [4.69, 9.17) is 37.4 Å². The number of allylic oxidation sites excluding steroid dienone is 1. The number of aryl methyl sites for hydroxylation is 1. The second kappa shape index (κ2) is 9.23. The van der Waals surface area contributed by atoms with Gasteiger partial charge >= 0.3 is 6.18 Å². The summed E-state index contributed by atoms with van der Waals surface area (Å²) in [6.07, 6.45) is -2.81. The van der Waals surface area contributed by atoms with Crippen molar-refractivity contribution in [1.29, 1.82) is 0 Å². The van der Waals surface area contributed by atoms with Gasteiger partial charge in [-0.25, -0.2) is 4.68 Å². The highest BCUT2D eigenvalue weighted by molar-refractivity contribution is 6.32. The molecular weight excluding hydrogens is 408 g/mol. The van der Waals surface area contributed by atoms with Gasteiger partial charge in [0.25, 0.3) is 0 Å². The normalized spacial score (nSPS) is 12.2. The fourth-order valence-electron chi connectivity index (χ4n) is 1.96. The molecule has 1 aromatic heterocycles. The lowest BCUT2D eigenvalue weighted by molar-refractivity contribution is -0.141. The summed E-state index contributed by atoms with van der Waals surface area (Å²) in [5, 5.41) is 4.31. The zero-order valence-electron chi connectivity index (χ0n) is 14.5. The van der Waals surface area contributed by atoms with Crippen LogP contribution in [0.1, 0.15) is 12.6 Å². The molecule has 1 aromatic carbocycles. The first kappa shape index (κ1) is 21.2. The van der Waals surface area contributed by atoms with Crippen LogP contribution in [-0.4, -0.2) is 29.6 Å². The Bertz CT molecular complexity index is 803. The van der Waals surface area contributed by atoms with Gasteiger partial charge in [-0.1, -0.05) is 23.2 Å². The molecule has 0 fully saturated rings. The quantitative estimate of drug-likeness (QED) is 0.554. The lowest BCUT2D eigenvalue weighted by Crippen LogP contribution is -2.11. The van der Waals surface area contributed by atoms with Crippen LogP contribution in [0.5, 0.6) is 17.4 Å². The van der Waals surface area contributed by atoms with Gasteiger partial charge in [-0.15, -0.1) is 0 Å². The standard InChI is InChI=1S/C17H17Cl2F3N2O3/c1-11(18)5-6-25-12-3-4-14(13(19)9-12)26-7-8-27-16-10-15(17(20,21)22)23-24(16)2/h3-5,9-10H,6-8H2,1-2H3/b11-5-. The first-order valence-corrected chi connectivity index (χ1v) is 8.54. The van der Waals surface area contributed by atoms with Gasteiger partial charge in [-0.05, 0) is 25.1 Å². The minimum atomic E-state index is -4.52. The molecule has 2 aromatic rings. The Balaban J connectivity index is 1.83. The number of hydrogen-bond acceptors (Lipinski definition) is 4. The van der Waals surface area contributed by atoms with Gasteiger partial charge in [0.2, 0.25) is 5.88 Å². The molecule has 0 spiro atoms. The smallest absolute Gasteiger partial charge is 0.435 e. The van der Waals surface area contributed by atoms with Crippen molar-refractivity contribution >= 4 is 23.2 Å². The molecule has 0 aliphatic carbocycles. The van der Waals surface area contributed by atoms with E-state index in [2.05, 4.69) is 5.10 Å². The topological polar surface area (TPSA) is 45.5 Å². The fraction of sp³-hybridized carbons (Fsp3) is 0.353. The maximum atomic E-state index is 12.6. The first-order valence-electron chi connectivity index (χ1n) is 7.78. The number of alkyl halides is 3. The Labute approximate surface area is 164 Å². The number of halogens is 5. The Kier molecular flexibility index (Phi) is 7.26. The van der Waals surface area contributed by atoms with Crippen molar-refractivity contribution in [3.63, 3.8) is 0 Å². The number of ether oxygens (including phenoxy) is 3. The molecule has 148 valence electrons. The second-order valence-electron chi connectivity index (χ2n) is 5.38. The molecule has 2 rings (SSSR count). The molecule has 0 atom stereocenters. The number of rotatable bonds is 8. The highest BCUT2D eigenvalue weighted by Gasteiger charge is 2.34. The minimum Gasteiger partial charge on any atom is -0.489 e. The van der Waals surface area contributed by atoms with Crippen LogP contribution in [0.2, 0.25) is 5.02 Å². The van der Waals surface area contributed by atoms with Gasteiger partial charge in [0.05, 0.1) is 5.02 Å². The maximum absolute atomic E-state index is 12.6. The predicted octanol–water partition coefficient (Wildman–Crippen LogP) is 5.07. The van der Waals surface area contributed by atoms with E-state index in [0.717, 1.165) is 10.7 Å². The van der Waals surface area contributed by atoms with Crippen LogP contribution in [0.15, 0.2) is 35.4 Å². The SMILES string of the molecule is C/C(Cl)=C/COc1ccc(OCCOc2cc(C(F)(F)F)nn2C)c(Cl)c1. The van der Waals surface area contributed by atoms with Crippen molar-refractivity contribution in [2.45, 2.75) is 13.1 Å². The molecule has 1 heterocycles. The highest BCUT2D eigenvalue weighted by atomic mass is 35.5. The molecule has 10 heteroatoms. The van der Waals surface area contributed by atoms with Crippen molar-refractivity contribution in [3.05, 3.63) is 46.1 Å². The van der Waals surface area contributed by atoms with E-state index in [-0.39, 0.29) is 19.1 Å². The summed E-state index contributed by atoms with van der Waals surface area (Å²) in [5.74, 6) is 0.938. The van der Waals surface area contributed by atoms with Crippen LogP contribution in [-0.2, 0) is 13.2 Å². The van der Waals surface area contributed by atoms with Crippen molar-refractivity contribution in [2.24, 2.45) is 7.05 Å². The van der Waals surface area contributed by atoms with E-state index < -0.39 is 11.9 Å². The van der Waals surface area contributed by atoms with Crippen LogP contribution >= 0.6 is 23.2 Å². The summed E-state index contributed by atoms with van der Waals surface area (Å²) in [7, 11) is 1.36. The minimum absolute atomic E-state index is 0.0107. The molecule has 0 radical (unpaired) electrons. The molecule has 0 bridgehead atoms. The summed E-state index contributed by atoms with van der Waals surface area (Å²) in [4.78, 5) is 0. The van der Waals surface area contributed by atoms with E-state index in [1.165, 1.54) is 7.05 Å². The van der Waals surface area contributed by atoms with Crippen LogP contribution < -0.4 is 14.2 Å². The molecule has 0 N–H and O–H groups in total. The molecule has 0 saturated carbocycles. The van der Waals surface area contributed by atoms with E-state index in [1.54, 1.807) is 31.2 Å². The molecule has 0 aliphatic heterocycles. The van der Waals surface area contributed by atoms with Crippen molar-refractivity contribution < 1.29 is 27.4 Å². The number of hydrogen-bond donors (Lipinski definition) is 0. The molecule has 5 nitrogen and oxygen atoms in total. The van der Waals surface area contributed by atoms with Crippen LogP contribution in [0.25, 0.3) is 0 Å². The van der Waals surface area contributed by atoms with Crippen molar-refractivity contribution in [3.8, 4) is 17.4 Å². The first-order chi connectivity index (χ1) is 12.7. The van der Waals surface area contributed by atoms with Crippen molar-refractivity contribution in [1.82, 2.24) is 9.78 Å². The predicted molar refractivity (Wildman–Crippen MR) is 95.8 cm³/mol. The summed E-state index contributed by atoms with van der Waals surface area (Å²) in [5.41, 5.74) is -1.02. The third-order valence-electron chi connectivity index (χ3n) is 3.24. The zero-order valence-corrected chi connectivity index (χ0v) is 16.0. The second-order valence-corrected chi connectivity index (χ2v) is 6.38. The van der Waals surface area contributed by atoms with E-state index in [0.29, 0.717) is 28.2 Å². The number of aromatic nitrogens is 2. The Hall–Kier alpha value is -2.06. The van der Waals surface area contributed by atoms with Gasteiger partial charge in [0.1, 0.15) is 31.3 Å². The fourth-order valence-corrected chi connectivity index (χ4v) is 2.25. The van der Waals surface area contributed by atoms with Gasteiger partial charge in [0.15, 0.2) is 5.69 Å². The molecule has 0 unspecified atom stereocenters. The number of nitrogens with zero attached hydrogens (tertiary/aromatic N) is 2. The van der Waals surface area contributed by atoms with Crippen LogP contribution in [0.4, 0.5) is 13.2 Å². The summed E-state index contributed by atoms with van der Waals surface area (Å²) in [6, 6.07) is 5.72. The largest absolute Gasteiger partial charge is 0.489 e. The summed E-state index contributed by atoms with van der Waals surface area (Å²) >= 11 is 11.8. The average molecular weight is 425 g/mol. The van der Waals surface area contributed by atoms with E-state index in [1.807, 2.05) is 0 Å². The summed E-state index contributed by atoms with van der Waals surface area (Å²) < 4.78 is 55.0. The van der Waals surface area contributed by atoms with Gasteiger partial charge in [-0.3, -0.25) is 0 Å². The molecule has 0 amide bonds. The van der Waals surface area contributed by atoms with Gasteiger partial charge in [0, 0.05) is 24.2 Å². The molecule has 0 saturated heterocycles.